The highest BCUT2D eigenvalue weighted by Gasteiger charge is 2.29. The molecule has 4 rings (SSSR count). The molecule has 0 saturated carbocycles. The van der Waals surface area contributed by atoms with Crippen molar-refractivity contribution < 1.29 is 45.3 Å². The maximum atomic E-state index is 13.4. The van der Waals surface area contributed by atoms with Gasteiger partial charge in [-0.2, -0.15) is 0 Å². The molecule has 0 aliphatic carbocycles. The molecule has 178 valence electrons. The second-order valence-corrected chi connectivity index (χ2v) is 6.34. The van der Waals surface area contributed by atoms with E-state index in [4.69, 9.17) is 10.2 Å². The van der Waals surface area contributed by atoms with Gasteiger partial charge in [-0.1, -0.05) is 36.4 Å². The van der Waals surface area contributed by atoms with Gasteiger partial charge < -0.3 is 10.2 Å². The molecule has 0 saturated heterocycles. The van der Waals surface area contributed by atoms with Crippen molar-refractivity contribution in [3.63, 3.8) is 0 Å². The van der Waals surface area contributed by atoms with Crippen LogP contribution in [0.1, 0.15) is 0 Å². The van der Waals surface area contributed by atoms with Gasteiger partial charge in [-0.15, -0.1) is 0 Å². The molecule has 0 bridgehead atoms. The summed E-state index contributed by atoms with van der Waals surface area (Å²) in [4.78, 5) is 0. The van der Waals surface area contributed by atoms with Crippen molar-refractivity contribution in [1.82, 2.24) is 0 Å². The summed E-state index contributed by atoms with van der Waals surface area (Å²) in [6.45, 7) is 0. The molecule has 0 atom stereocenters. The fraction of sp³-hybridized carbons (Fsp3) is 0. The molecule has 0 aliphatic heterocycles. The van der Waals surface area contributed by atoms with Crippen molar-refractivity contribution in [2.24, 2.45) is 0 Å². The molecule has 10 heteroatoms. The SMILES string of the molecule is Fc1ccc(-c2c(F)c(F)c(F)c(F)c2F)c(F)c1F.Oc1ccccc1.Oc1ccccc1. The Kier molecular flexibility index (Phi) is 9.00. The van der Waals surface area contributed by atoms with E-state index in [1.807, 2.05) is 12.1 Å². The lowest BCUT2D eigenvalue weighted by atomic mass is 10.0. The van der Waals surface area contributed by atoms with Gasteiger partial charge in [-0.25, -0.2) is 35.1 Å². The average molecular weight is 486 g/mol. The van der Waals surface area contributed by atoms with Crippen molar-refractivity contribution >= 4 is 0 Å². The Bertz CT molecular complexity index is 1180. The van der Waals surface area contributed by atoms with Gasteiger partial charge >= 0.3 is 0 Å². The topological polar surface area (TPSA) is 40.5 Å². The van der Waals surface area contributed by atoms with E-state index in [0.717, 1.165) is 0 Å². The van der Waals surface area contributed by atoms with Crippen LogP contribution in [0.2, 0.25) is 0 Å². The molecular formula is C24H14F8O2. The summed E-state index contributed by atoms with van der Waals surface area (Å²) in [6.07, 6.45) is 0. The maximum absolute atomic E-state index is 13.4. The molecule has 0 amide bonds. The first-order chi connectivity index (χ1) is 16.1. The number of phenolic OH excluding ortho intramolecular Hbond substituents is 2. The molecule has 2 nitrogen and oxygen atoms in total. The number of halogens is 8. The minimum atomic E-state index is -2.44. The minimum absolute atomic E-state index is 0.297. The van der Waals surface area contributed by atoms with Crippen LogP contribution in [0.3, 0.4) is 0 Å². The Labute approximate surface area is 188 Å². The van der Waals surface area contributed by atoms with Crippen LogP contribution >= 0.6 is 0 Å². The molecule has 0 unspecified atom stereocenters. The molecule has 0 aliphatic rings. The van der Waals surface area contributed by atoms with E-state index < -0.39 is 57.7 Å². The van der Waals surface area contributed by atoms with Crippen LogP contribution in [0.5, 0.6) is 11.5 Å². The second kappa shape index (κ2) is 11.7. The first-order valence-electron chi connectivity index (χ1n) is 9.19. The van der Waals surface area contributed by atoms with Crippen LogP contribution in [0.25, 0.3) is 11.1 Å². The van der Waals surface area contributed by atoms with Crippen molar-refractivity contribution in [2.45, 2.75) is 0 Å². The van der Waals surface area contributed by atoms with Gasteiger partial charge in [0.05, 0.1) is 5.56 Å². The third-order valence-electron chi connectivity index (χ3n) is 4.03. The first-order valence-corrected chi connectivity index (χ1v) is 9.19. The highest BCUT2D eigenvalue weighted by molar-refractivity contribution is 5.66. The fourth-order valence-electron chi connectivity index (χ4n) is 2.42. The number of para-hydroxylation sites is 2. The number of benzene rings is 4. The van der Waals surface area contributed by atoms with Crippen LogP contribution in [0.15, 0.2) is 72.8 Å². The standard InChI is InChI=1S/C12H2F8.2C6H6O/c13-4-2-1-3(6(14)7(4)15)5-8(16)10(18)12(20)11(19)9(5)17;2*7-6-4-2-1-3-5-6/h1-2H;2*1-5,7H. The van der Waals surface area contributed by atoms with Crippen LogP contribution < -0.4 is 0 Å². The number of hydrogen-bond acceptors (Lipinski definition) is 2. The lowest BCUT2D eigenvalue weighted by molar-refractivity contribution is 0.380. The third-order valence-corrected chi connectivity index (χ3v) is 4.03. The van der Waals surface area contributed by atoms with Gasteiger partial charge in [0.2, 0.25) is 5.82 Å². The van der Waals surface area contributed by atoms with Crippen molar-refractivity contribution in [1.29, 1.82) is 0 Å². The van der Waals surface area contributed by atoms with Gasteiger partial charge in [-0.05, 0) is 36.4 Å². The lowest BCUT2D eigenvalue weighted by Gasteiger charge is -2.09. The highest BCUT2D eigenvalue weighted by Crippen LogP contribution is 2.34. The molecule has 34 heavy (non-hydrogen) atoms. The van der Waals surface area contributed by atoms with Crippen molar-refractivity contribution in [2.75, 3.05) is 0 Å². The van der Waals surface area contributed by atoms with Gasteiger partial charge in [0.15, 0.2) is 40.7 Å². The zero-order valence-electron chi connectivity index (χ0n) is 16.8. The zero-order valence-corrected chi connectivity index (χ0v) is 16.8. The maximum Gasteiger partial charge on any atom is 0.200 e. The highest BCUT2D eigenvalue weighted by atomic mass is 19.2. The van der Waals surface area contributed by atoms with Crippen molar-refractivity contribution in [3.8, 4) is 22.6 Å². The van der Waals surface area contributed by atoms with E-state index in [-0.39, 0.29) is 0 Å². The normalized spacial score (nSPS) is 10.0. The third kappa shape index (κ3) is 6.25. The van der Waals surface area contributed by atoms with E-state index in [1.165, 1.54) is 0 Å². The van der Waals surface area contributed by atoms with Crippen molar-refractivity contribution in [3.05, 3.63) is 119 Å². The Morgan fingerprint density at radius 1 is 0.382 bits per heavy atom. The Balaban J connectivity index is 0.000000235. The monoisotopic (exact) mass is 486 g/mol. The van der Waals surface area contributed by atoms with Crippen LogP contribution in [-0.4, -0.2) is 10.2 Å². The van der Waals surface area contributed by atoms with E-state index in [0.29, 0.717) is 23.6 Å². The number of hydrogen-bond donors (Lipinski definition) is 2. The number of phenols is 2. The summed E-state index contributed by atoms with van der Waals surface area (Å²) in [5, 5.41) is 17.3. The van der Waals surface area contributed by atoms with Crippen LogP contribution in [0.4, 0.5) is 35.1 Å². The molecule has 0 fully saturated rings. The number of aromatic hydroxyl groups is 2. The summed E-state index contributed by atoms with van der Waals surface area (Å²) in [5.41, 5.74) is -2.95. The van der Waals surface area contributed by atoms with E-state index in [9.17, 15) is 35.1 Å². The summed E-state index contributed by atoms with van der Waals surface area (Å²) >= 11 is 0. The molecule has 4 aromatic rings. The molecule has 4 aromatic carbocycles. The average Bonchev–Trinajstić information content (AvgIpc) is 2.83. The predicted molar refractivity (Wildman–Crippen MR) is 108 cm³/mol. The van der Waals surface area contributed by atoms with Gasteiger partial charge in [-0.3, -0.25) is 0 Å². The molecule has 0 radical (unpaired) electrons. The Morgan fingerprint density at radius 3 is 1.12 bits per heavy atom. The summed E-state index contributed by atoms with van der Waals surface area (Å²) in [5.74, 6) is -16.9. The molecule has 0 spiro atoms. The van der Waals surface area contributed by atoms with Crippen LogP contribution in [0, 0.1) is 46.5 Å². The Hall–Kier alpha value is -4.08. The Morgan fingerprint density at radius 2 is 0.765 bits per heavy atom. The molecular weight excluding hydrogens is 472 g/mol. The summed E-state index contributed by atoms with van der Waals surface area (Å²) < 4.78 is 105. The second-order valence-electron chi connectivity index (χ2n) is 6.34. The fourth-order valence-corrected chi connectivity index (χ4v) is 2.42. The van der Waals surface area contributed by atoms with Crippen LogP contribution in [-0.2, 0) is 0 Å². The lowest BCUT2D eigenvalue weighted by Crippen LogP contribution is -2.06. The van der Waals surface area contributed by atoms with Gasteiger partial charge in [0.1, 0.15) is 11.5 Å². The molecule has 0 aromatic heterocycles. The minimum Gasteiger partial charge on any atom is -0.508 e. The van der Waals surface area contributed by atoms with Gasteiger partial charge in [0, 0.05) is 5.56 Å². The summed E-state index contributed by atoms with van der Waals surface area (Å²) in [7, 11) is 0. The molecule has 0 heterocycles. The zero-order chi connectivity index (χ0) is 25.4. The predicted octanol–water partition coefficient (Wildman–Crippen LogP) is 7.25. The molecule has 2 N–H and O–H groups in total. The quantitative estimate of drug-likeness (QED) is 0.169. The van der Waals surface area contributed by atoms with E-state index in [2.05, 4.69) is 0 Å². The van der Waals surface area contributed by atoms with E-state index in [1.54, 1.807) is 48.5 Å². The van der Waals surface area contributed by atoms with Gasteiger partial charge in [0.25, 0.3) is 0 Å². The largest absolute Gasteiger partial charge is 0.508 e. The number of rotatable bonds is 1. The smallest absolute Gasteiger partial charge is 0.200 e. The van der Waals surface area contributed by atoms with E-state index >= 15 is 0 Å². The summed E-state index contributed by atoms with van der Waals surface area (Å²) in [6, 6.07) is 18.1. The first kappa shape index (κ1) is 26.2.